The van der Waals surface area contributed by atoms with Crippen LogP contribution in [-0.2, 0) is 10.0 Å². The van der Waals surface area contributed by atoms with Gasteiger partial charge in [0.2, 0.25) is 10.0 Å². The molecule has 104 valence electrons. The molecule has 1 aromatic carbocycles. The van der Waals surface area contributed by atoms with E-state index in [4.69, 9.17) is 22.6 Å². The summed E-state index contributed by atoms with van der Waals surface area (Å²) in [6.07, 6.45) is 0.651. The Balaban J connectivity index is 0.00000180. The van der Waals surface area contributed by atoms with Gasteiger partial charge in [-0.1, -0.05) is 11.6 Å². The first-order chi connectivity index (χ1) is 8.45. The van der Waals surface area contributed by atoms with Crippen LogP contribution in [0.1, 0.15) is 12.0 Å². The van der Waals surface area contributed by atoms with E-state index in [1.807, 2.05) is 6.07 Å². The number of nitrogens with two attached hydrogens (primary N) is 1. The van der Waals surface area contributed by atoms with Crippen LogP contribution in [0.25, 0.3) is 0 Å². The minimum absolute atomic E-state index is 0. The van der Waals surface area contributed by atoms with Crippen molar-refractivity contribution >= 4 is 34.0 Å². The van der Waals surface area contributed by atoms with Gasteiger partial charge < -0.3 is 5.73 Å². The molecule has 1 aromatic rings. The third kappa shape index (κ3) is 3.19. The molecule has 2 rings (SSSR count). The van der Waals surface area contributed by atoms with Crippen molar-refractivity contribution in [2.24, 2.45) is 5.73 Å². The fraction of sp³-hybridized carbons (Fsp3) is 0.364. The molecule has 0 radical (unpaired) electrons. The maximum Gasteiger partial charge on any atom is 0.243 e. The Labute approximate surface area is 123 Å². The third-order valence-electron chi connectivity index (χ3n) is 2.88. The van der Waals surface area contributed by atoms with E-state index < -0.39 is 10.0 Å². The van der Waals surface area contributed by atoms with E-state index in [1.165, 1.54) is 22.5 Å². The Morgan fingerprint density at radius 3 is 2.68 bits per heavy atom. The van der Waals surface area contributed by atoms with Gasteiger partial charge in [-0.15, -0.1) is 12.4 Å². The molecule has 2 N–H and O–H groups in total. The standard InChI is InChI=1S/C11H12ClN3O2S.ClH/c12-11-2-1-10(5-8(11)6-13)18(16,17)15-4-3-9(14)7-15;/h1-2,5,9H,3-4,7,14H2;1H/t9-;/m1./s1. The van der Waals surface area contributed by atoms with Gasteiger partial charge >= 0.3 is 0 Å². The maximum absolute atomic E-state index is 12.3. The van der Waals surface area contributed by atoms with Crippen LogP contribution in [0.4, 0.5) is 0 Å². The average molecular weight is 322 g/mol. The molecular weight excluding hydrogens is 309 g/mol. The number of nitriles is 1. The first kappa shape index (κ1) is 16.2. The van der Waals surface area contributed by atoms with Gasteiger partial charge in [-0.05, 0) is 24.6 Å². The lowest BCUT2D eigenvalue weighted by Gasteiger charge is -2.16. The first-order valence-electron chi connectivity index (χ1n) is 5.40. The molecule has 0 spiro atoms. The van der Waals surface area contributed by atoms with Gasteiger partial charge in [0.15, 0.2) is 0 Å². The van der Waals surface area contributed by atoms with Crippen molar-refractivity contribution in [3.63, 3.8) is 0 Å². The molecule has 1 aliphatic heterocycles. The highest BCUT2D eigenvalue weighted by Crippen LogP contribution is 2.24. The van der Waals surface area contributed by atoms with Gasteiger partial charge in [-0.3, -0.25) is 0 Å². The highest BCUT2D eigenvalue weighted by Gasteiger charge is 2.31. The van der Waals surface area contributed by atoms with E-state index in [-0.39, 0.29) is 33.9 Å². The second kappa shape index (κ2) is 6.07. The number of halogens is 2. The number of hydrogen-bond donors (Lipinski definition) is 1. The molecule has 5 nitrogen and oxygen atoms in total. The van der Waals surface area contributed by atoms with E-state index >= 15 is 0 Å². The summed E-state index contributed by atoms with van der Waals surface area (Å²) in [5.41, 5.74) is 5.85. The second-order valence-corrected chi connectivity index (χ2v) is 6.51. The summed E-state index contributed by atoms with van der Waals surface area (Å²) in [5, 5.41) is 9.10. The predicted octanol–water partition coefficient (Wildman–Crippen LogP) is 1.36. The van der Waals surface area contributed by atoms with Gasteiger partial charge in [-0.2, -0.15) is 9.57 Å². The number of nitrogens with zero attached hydrogens (tertiary/aromatic N) is 2. The Kier molecular flexibility index (Phi) is 5.18. The molecule has 0 saturated carbocycles. The van der Waals surface area contributed by atoms with E-state index in [0.29, 0.717) is 19.5 Å². The lowest BCUT2D eigenvalue weighted by molar-refractivity contribution is 0.472. The Hall–Kier alpha value is -0.840. The molecule has 1 atom stereocenters. The average Bonchev–Trinajstić information content (AvgIpc) is 2.77. The van der Waals surface area contributed by atoms with Gasteiger partial charge in [0.25, 0.3) is 0 Å². The Bertz CT molecular complexity index is 613. The van der Waals surface area contributed by atoms with Crippen molar-refractivity contribution in [1.29, 1.82) is 5.26 Å². The van der Waals surface area contributed by atoms with Crippen LogP contribution in [-0.4, -0.2) is 31.9 Å². The van der Waals surface area contributed by atoms with Crippen LogP contribution < -0.4 is 5.73 Å². The Morgan fingerprint density at radius 1 is 1.47 bits per heavy atom. The van der Waals surface area contributed by atoms with Gasteiger partial charge in [0.1, 0.15) is 6.07 Å². The molecule has 1 saturated heterocycles. The highest BCUT2D eigenvalue weighted by atomic mass is 35.5. The molecule has 0 amide bonds. The summed E-state index contributed by atoms with van der Waals surface area (Å²) in [6, 6.07) is 5.86. The largest absolute Gasteiger partial charge is 0.326 e. The number of rotatable bonds is 2. The summed E-state index contributed by atoms with van der Waals surface area (Å²) >= 11 is 5.78. The van der Waals surface area contributed by atoms with Crippen LogP contribution >= 0.6 is 24.0 Å². The Morgan fingerprint density at radius 2 is 2.16 bits per heavy atom. The molecular formula is C11H13Cl2N3O2S. The van der Waals surface area contributed by atoms with E-state index in [1.54, 1.807) is 0 Å². The lowest BCUT2D eigenvalue weighted by Crippen LogP contribution is -2.32. The monoisotopic (exact) mass is 321 g/mol. The zero-order valence-electron chi connectivity index (χ0n) is 9.91. The zero-order chi connectivity index (χ0) is 13.3. The zero-order valence-corrected chi connectivity index (χ0v) is 12.3. The molecule has 1 fully saturated rings. The molecule has 1 heterocycles. The summed E-state index contributed by atoms with van der Waals surface area (Å²) in [7, 11) is -3.58. The number of sulfonamides is 1. The van der Waals surface area contributed by atoms with Crippen LogP contribution in [0.2, 0.25) is 5.02 Å². The second-order valence-electron chi connectivity index (χ2n) is 4.17. The first-order valence-corrected chi connectivity index (χ1v) is 7.22. The smallest absolute Gasteiger partial charge is 0.243 e. The number of benzene rings is 1. The SMILES string of the molecule is Cl.N#Cc1cc(S(=O)(=O)N2CC[C@@H](N)C2)ccc1Cl. The molecule has 8 heteroatoms. The maximum atomic E-state index is 12.3. The molecule has 0 bridgehead atoms. The fourth-order valence-electron chi connectivity index (χ4n) is 1.87. The van der Waals surface area contributed by atoms with Crippen LogP contribution in [0.3, 0.4) is 0 Å². The fourth-order valence-corrected chi connectivity index (χ4v) is 3.57. The van der Waals surface area contributed by atoms with E-state index in [9.17, 15) is 8.42 Å². The summed E-state index contributed by atoms with van der Waals surface area (Å²) in [6.45, 7) is 0.723. The summed E-state index contributed by atoms with van der Waals surface area (Å²) in [4.78, 5) is 0.0811. The van der Waals surface area contributed by atoms with Crippen molar-refractivity contribution < 1.29 is 8.42 Å². The van der Waals surface area contributed by atoms with E-state index in [2.05, 4.69) is 0 Å². The lowest BCUT2D eigenvalue weighted by atomic mass is 10.2. The van der Waals surface area contributed by atoms with Crippen molar-refractivity contribution in [3.05, 3.63) is 28.8 Å². The van der Waals surface area contributed by atoms with Gasteiger partial charge in [-0.25, -0.2) is 8.42 Å². The highest BCUT2D eigenvalue weighted by molar-refractivity contribution is 7.89. The quantitative estimate of drug-likeness (QED) is 0.890. The van der Waals surface area contributed by atoms with Crippen molar-refractivity contribution in [1.82, 2.24) is 4.31 Å². The molecule has 1 aliphatic rings. The van der Waals surface area contributed by atoms with Crippen molar-refractivity contribution in [3.8, 4) is 6.07 Å². The van der Waals surface area contributed by atoms with Gasteiger partial charge in [0.05, 0.1) is 15.5 Å². The molecule has 19 heavy (non-hydrogen) atoms. The van der Waals surface area contributed by atoms with Crippen LogP contribution in [0.5, 0.6) is 0 Å². The van der Waals surface area contributed by atoms with Gasteiger partial charge in [0, 0.05) is 19.1 Å². The predicted molar refractivity (Wildman–Crippen MR) is 74.8 cm³/mol. The number of hydrogen-bond acceptors (Lipinski definition) is 4. The summed E-state index contributed by atoms with van der Waals surface area (Å²) in [5.74, 6) is 0. The topological polar surface area (TPSA) is 87.2 Å². The molecule has 0 unspecified atom stereocenters. The van der Waals surface area contributed by atoms with Crippen LogP contribution in [0, 0.1) is 11.3 Å². The van der Waals surface area contributed by atoms with E-state index in [0.717, 1.165) is 0 Å². The normalized spacial score (nSPS) is 19.7. The van der Waals surface area contributed by atoms with Crippen LogP contribution in [0.15, 0.2) is 23.1 Å². The third-order valence-corrected chi connectivity index (χ3v) is 5.07. The summed E-state index contributed by atoms with van der Waals surface area (Å²) < 4.78 is 25.9. The minimum Gasteiger partial charge on any atom is -0.326 e. The van der Waals surface area contributed by atoms with Crippen molar-refractivity contribution in [2.75, 3.05) is 13.1 Å². The molecule has 0 aromatic heterocycles. The van der Waals surface area contributed by atoms with Crippen molar-refractivity contribution in [2.45, 2.75) is 17.4 Å². The molecule has 0 aliphatic carbocycles. The minimum atomic E-state index is -3.58.